The first-order valence-corrected chi connectivity index (χ1v) is 21.2. The molecule has 2 heteroatoms. The maximum Gasteiger partial charge on any atom is 0.0631 e. The van der Waals surface area contributed by atoms with Crippen molar-refractivity contribution in [3.05, 3.63) is 243 Å². The summed E-state index contributed by atoms with van der Waals surface area (Å²) in [7, 11) is 0. The maximum absolute atomic E-state index is 3.47. The van der Waals surface area contributed by atoms with E-state index in [4.69, 9.17) is 0 Å². The fourth-order valence-electron chi connectivity index (χ4n) is 9.35. The molecule has 0 aliphatic carbocycles. The van der Waals surface area contributed by atoms with Gasteiger partial charge in [-0.05, 0) is 141 Å². The minimum atomic E-state index is 1.07. The van der Waals surface area contributed by atoms with E-state index in [1.807, 2.05) is 6.07 Å². The van der Waals surface area contributed by atoms with Crippen molar-refractivity contribution in [1.82, 2.24) is 9.13 Å². The average molecular weight is 787 g/mol. The standard InChI is InChI=1S/C60H38N2/c1-5-15-41(16-6-1)44-25-30-52(31-26-44)61-57-24-14-13-23-53(57)55-38-45(28-33-58(55)61)46-29-34-59-56(39-46)54-32-27-47(40-60(54)62(59)51-21-11-4-12-22-51)50-36-48(42-17-7-2-8-18-42)35-49(37-50)43-19-9-3-10-20-43/h1-12,14-22,24-40H. The third-order valence-corrected chi connectivity index (χ3v) is 12.4. The van der Waals surface area contributed by atoms with Crippen LogP contribution < -0.4 is 0 Å². The van der Waals surface area contributed by atoms with Crippen molar-refractivity contribution >= 4 is 43.6 Å². The second kappa shape index (κ2) is 14.7. The van der Waals surface area contributed by atoms with E-state index in [1.165, 1.54) is 77.4 Å². The first kappa shape index (κ1) is 35.6. The first-order valence-electron chi connectivity index (χ1n) is 21.2. The predicted octanol–water partition coefficient (Wildman–Crippen LogP) is 15.8. The van der Waals surface area contributed by atoms with Crippen molar-refractivity contribution in [2.24, 2.45) is 0 Å². The van der Waals surface area contributed by atoms with Gasteiger partial charge < -0.3 is 9.13 Å². The molecule has 0 fully saturated rings. The highest BCUT2D eigenvalue weighted by atomic mass is 15.0. The van der Waals surface area contributed by atoms with Crippen LogP contribution in [0.1, 0.15) is 0 Å². The van der Waals surface area contributed by atoms with E-state index in [9.17, 15) is 0 Å². The van der Waals surface area contributed by atoms with E-state index in [0.717, 1.165) is 33.2 Å². The highest BCUT2D eigenvalue weighted by Gasteiger charge is 2.18. The van der Waals surface area contributed by atoms with E-state index < -0.39 is 0 Å². The smallest absolute Gasteiger partial charge is 0.0631 e. The van der Waals surface area contributed by atoms with Gasteiger partial charge >= 0.3 is 0 Å². The van der Waals surface area contributed by atoms with Crippen LogP contribution in [0.25, 0.3) is 111 Å². The second-order valence-corrected chi connectivity index (χ2v) is 16.0. The molecule has 2 heterocycles. The number of fused-ring (bicyclic) bond motifs is 6. The van der Waals surface area contributed by atoms with E-state index in [2.05, 4.69) is 246 Å². The predicted molar refractivity (Wildman–Crippen MR) is 260 cm³/mol. The molecule has 0 radical (unpaired) electrons. The highest BCUT2D eigenvalue weighted by Crippen LogP contribution is 2.40. The van der Waals surface area contributed by atoms with Gasteiger partial charge in [-0.1, -0.05) is 158 Å². The van der Waals surface area contributed by atoms with E-state index in [-0.39, 0.29) is 0 Å². The number of nitrogens with zero attached hydrogens (tertiary/aromatic N) is 2. The van der Waals surface area contributed by atoms with Crippen LogP contribution in [-0.2, 0) is 0 Å². The first-order chi connectivity index (χ1) is 30.7. The van der Waals surface area contributed by atoms with Crippen molar-refractivity contribution < 1.29 is 0 Å². The van der Waals surface area contributed by atoms with Crippen molar-refractivity contribution in [2.75, 3.05) is 0 Å². The summed E-state index contributed by atoms with van der Waals surface area (Å²) in [6.45, 7) is 0. The Hall–Kier alpha value is -8.38. The van der Waals surface area contributed by atoms with Gasteiger partial charge in [-0.25, -0.2) is 0 Å². The third-order valence-electron chi connectivity index (χ3n) is 12.4. The van der Waals surface area contributed by atoms with Crippen LogP contribution in [0.5, 0.6) is 0 Å². The molecule has 0 saturated carbocycles. The Bertz CT molecular complexity index is 3520. The topological polar surface area (TPSA) is 9.86 Å². The molecule has 0 amide bonds. The summed E-state index contributed by atoms with van der Waals surface area (Å²) < 4.78 is 4.77. The van der Waals surface area contributed by atoms with Gasteiger partial charge in [0.25, 0.3) is 0 Å². The summed E-state index contributed by atoms with van der Waals surface area (Å²) >= 11 is 0. The summed E-state index contributed by atoms with van der Waals surface area (Å²) in [6, 6.07) is 90.1. The Balaban J connectivity index is 0.999. The molecule has 0 aliphatic rings. The van der Waals surface area contributed by atoms with E-state index >= 15 is 0 Å². The fraction of sp³-hybridized carbons (Fsp3) is 0. The van der Waals surface area contributed by atoms with Gasteiger partial charge in [0.1, 0.15) is 0 Å². The molecule has 2 aromatic heterocycles. The van der Waals surface area contributed by atoms with Gasteiger partial charge in [0, 0.05) is 27.5 Å². The quantitative estimate of drug-likeness (QED) is 0.152. The van der Waals surface area contributed by atoms with Crippen molar-refractivity contribution in [3.63, 3.8) is 0 Å². The zero-order valence-electron chi connectivity index (χ0n) is 33.8. The number of rotatable bonds is 7. The molecule has 0 unspecified atom stereocenters. The number of aromatic nitrogens is 2. The van der Waals surface area contributed by atoms with Crippen LogP contribution in [0.2, 0.25) is 0 Å². The van der Waals surface area contributed by atoms with Gasteiger partial charge in [0.2, 0.25) is 0 Å². The number of para-hydroxylation sites is 1. The minimum absolute atomic E-state index is 1.07. The molecule has 0 saturated heterocycles. The molecule has 62 heavy (non-hydrogen) atoms. The monoisotopic (exact) mass is 786 g/mol. The molecular weight excluding hydrogens is 749 g/mol. The zero-order chi connectivity index (χ0) is 41.0. The van der Waals surface area contributed by atoms with Crippen LogP contribution in [0.3, 0.4) is 0 Å². The van der Waals surface area contributed by atoms with Gasteiger partial charge in [0.15, 0.2) is 0 Å². The average Bonchev–Trinajstić information content (AvgIpc) is 3.86. The lowest BCUT2D eigenvalue weighted by molar-refractivity contribution is 1.18. The van der Waals surface area contributed by atoms with Crippen LogP contribution in [0, 0.1) is 12.1 Å². The summed E-state index contributed by atoms with van der Waals surface area (Å²) in [6.07, 6.45) is 0. The molecule has 0 spiro atoms. The Kier molecular flexibility index (Phi) is 8.44. The Morgan fingerprint density at radius 1 is 0.258 bits per heavy atom. The van der Waals surface area contributed by atoms with Crippen molar-refractivity contribution in [3.8, 4) is 67.0 Å². The zero-order valence-corrected chi connectivity index (χ0v) is 33.8. The molecular formula is C60H38N2. The van der Waals surface area contributed by atoms with Crippen molar-refractivity contribution in [2.45, 2.75) is 0 Å². The molecule has 2 nitrogen and oxygen atoms in total. The molecule has 288 valence electrons. The molecule has 12 rings (SSSR count). The normalized spacial score (nSPS) is 11.4. The van der Waals surface area contributed by atoms with Crippen LogP contribution in [0.4, 0.5) is 0 Å². The van der Waals surface area contributed by atoms with Crippen LogP contribution in [-0.4, -0.2) is 9.13 Å². The molecule has 0 aliphatic heterocycles. The van der Waals surface area contributed by atoms with Gasteiger partial charge in [0.05, 0.1) is 27.5 Å². The number of hydrogen-bond acceptors (Lipinski definition) is 0. The Morgan fingerprint density at radius 3 is 1.31 bits per heavy atom. The molecule has 12 aromatic rings. The highest BCUT2D eigenvalue weighted by molar-refractivity contribution is 6.13. The van der Waals surface area contributed by atoms with Crippen LogP contribution >= 0.6 is 0 Å². The van der Waals surface area contributed by atoms with Gasteiger partial charge in [-0.2, -0.15) is 0 Å². The largest absolute Gasteiger partial charge is 0.309 e. The lowest BCUT2D eigenvalue weighted by atomic mass is 9.93. The summed E-state index contributed by atoms with van der Waals surface area (Å²) in [4.78, 5) is 0. The summed E-state index contributed by atoms with van der Waals surface area (Å²) in [5.74, 6) is 0. The minimum Gasteiger partial charge on any atom is -0.309 e. The molecule has 10 aromatic carbocycles. The second-order valence-electron chi connectivity index (χ2n) is 16.0. The maximum atomic E-state index is 3.47. The Morgan fingerprint density at radius 2 is 0.694 bits per heavy atom. The molecule has 0 N–H and O–H groups in total. The fourth-order valence-corrected chi connectivity index (χ4v) is 9.35. The third kappa shape index (κ3) is 6.07. The number of benzene rings is 9. The van der Waals surface area contributed by atoms with Crippen molar-refractivity contribution in [1.29, 1.82) is 0 Å². The lowest BCUT2D eigenvalue weighted by Crippen LogP contribution is -1.94. The van der Waals surface area contributed by atoms with E-state index in [0.29, 0.717) is 0 Å². The van der Waals surface area contributed by atoms with Gasteiger partial charge in [-0.15, -0.1) is 0 Å². The van der Waals surface area contributed by atoms with E-state index in [1.54, 1.807) is 0 Å². The molecule has 0 bridgehead atoms. The summed E-state index contributed by atoms with van der Waals surface area (Å²) in [5, 5.41) is 4.66. The van der Waals surface area contributed by atoms with Gasteiger partial charge in [-0.3, -0.25) is 0 Å². The lowest BCUT2D eigenvalue weighted by Gasteiger charge is -2.12. The SMILES string of the molecule is c1ccc2c(c#1)c1cc(-c3ccc4c(c3)c3ccc(-c5cc(-c6ccccc6)cc(-c6ccccc6)c5)cc3n4-c3ccccc3)ccc1n2-c1ccc(-c2ccccc2)cc1. The summed E-state index contributed by atoms with van der Waals surface area (Å²) in [5.41, 5.74) is 18.8. The molecule has 0 atom stereocenters. The number of hydrogen-bond donors (Lipinski definition) is 0. The van der Waals surface area contributed by atoms with Crippen LogP contribution in [0.15, 0.2) is 231 Å². The Labute approximate surface area is 360 Å².